The minimum atomic E-state index is -0.376. The Morgan fingerprint density at radius 3 is 2.35 bits per heavy atom. The maximum absolute atomic E-state index is 12.7. The van der Waals surface area contributed by atoms with Crippen LogP contribution in [0.25, 0.3) is 0 Å². The Kier molecular flexibility index (Phi) is 6.56. The number of hydrogen-bond acceptors (Lipinski definition) is 3. The van der Waals surface area contributed by atoms with Crippen molar-refractivity contribution in [1.82, 2.24) is 9.88 Å². The van der Waals surface area contributed by atoms with Gasteiger partial charge in [0.15, 0.2) is 0 Å². The van der Waals surface area contributed by atoms with Crippen LogP contribution >= 0.6 is 0 Å². The van der Waals surface area contributed by atoms with Gasteiger partial charge in [0, 0.05) is 25.0 Å². The van der Waals surface area contributed by atoms with Crippen molar-refractivity contribution in [2.45, 2.75) is 38.5 Å². The van der Waals surface area contributed by atoms with E-state index in [1.807, 2.05) is 25.1 Å². The second kappa shape index (κ2) is 9.69. The van der Waals surface area contributed by atoms with Gasteiger partial charge >= 0.3 is 0 Å². The smallest absolute Gasteiger partial charge is 0.290 e. The molecule has 4 heteroatoms. The molecule has 2 heterocycles. The Morgan fingerprint density at radius 1 is 0.935 bits per heavy atom. The third kappa shape index (κ3) is 5.26. The van der Waals surface area contributed by atoms with E-state index in [0.29, 0.717) is 24.7 Å². The molecule has 1 amide bonds. The number of carbonyl (C=O) groups excluding carboxylic acids is 2. The van der Waals surface area contributed by atoms with Gasteiger partial charge < -0.3 is 4.90 Å². The highest BCUT2D eigenvalue weighted by molar-refractivity contribution is 6.36. The van der Waals surface area contributed by atoms with E-state index in [-0.39, 0.29) is 18.1 Å². The van der Waals surface area contributed by atoms with Gasteiger partial charge in [-0.05, 0) is 60.4 Å². The molecule has 4 nitrogen and oxygen atoms in total. The van der Waals surface area contributed by atoms with Gasteiger partial charge in [-0.25, -0.2) is 0 Å². The van der Waals surface area contributed by atoms with Crippen LogP contribution in [-0.2, 0) is 22.4 Å². The number of aromatic nitrogens is 1. The zero-order valence-electron chi connectivity index (χ0n) is 18.0. The number of likely N-dealkylation sites (tertiary alicyclic amines) is 1. The number of aryl methyl sites for hydroxylation is 1. The highest BCUT2D eigenvalue weighted by atomic mass is 16.2. The molecule has 0 saturated carbocycles. The summed E-state index contributed by atoms with van der Waals surface area (Å²) in [6.45, 7) is 3.19. The van der Waals surface area contributed by atoms with E-state index in [2.05, 4.69) is 53.5 Å². The van der Waals surface area contributed by atoms with Crippen LogP contribution in [0, 0.1) is 6.92 Å². The zero-order valence-corrected chi connectivity index (χ0v) is 18.0. The molecule has 0 spiro atoms. The maximum atomic E-state index is 12.7. The molecule has 1 aliphatic rings. The number of benzene rings is 2. The Bertz CT molecular complexity index is 1040. The topological polar surface area (TPSA) is 50.3 Å². The lowest BCUT2D eigenvalue weighted by molar-refractivity contribution is -0.145. The molecule has 158 valence electrons. The summed E-state index contributed by atoms with van der Waals surface area (Å²) in [6, 6.07) is 22.9. The van der Waals surface area contributed by atoms with Gasteiger partial charge in [-0.2, -0.15) is 0 Å². The Balaban J connectivity index is 1.37. The molecular formula is C27H28N2O2. The average molecular weight is 413 g/mol. The van der Waals surface area contributed by atoms with Crippen LogP contribution in [0.4, 0.5) is 0 Å². The molecule has 0 N–H and O–H groups in total. The maximum Gasteiger partial charge on any atom is 0.290 e. The van der Waals surface area contributed by atoms with Crippen LogP contribution < -0.4 is 0 Å². The van der Waals surface area contributed by atoms with Crippen molar-refractivity contribution in [3.05, 3.63) is 101 Å². The van der Waals surface area contributed by atoms with Gasteiger partial charge in [-0.15, -0.1) is 0 Å². The summed E-state index contributed by atoms with van der Waals surface area (Å²) < 4.78 is 0. The van der Waals surface area contributed by atoms with E-state index in [1.165, 1.54) is 16.7 Å². The summed E-state index contributed by atoms with van der Waals surface area (Å²) >= 11 is 0. The monoisotopic (exact) mass is 412 g/mol. The molecule has 1 fully saturated rings. The summed E-state index contributed by atoms with van der Waals surface area (Å²) in [5.74, 6) is -0.337. The fraction of sp³-hybridized carbons (Fsp3) is 0.296. The van der Waals surface area contributed by atoms with Gasteiger partial charge in [0.05, 0.1) is 6.42 Å². The molecule has 0 atom stereocenters. The van der Waals surface area contributed by atoms with Crippen LogP contribution in [0.1, 0.15) is 46.7 Å². The second-order valence-corrected chi connectivity index (χ2v) is 8.35. The summed E-state index contributed by atoms with van der Waals surface area (Å²) in [5, 5.41) is 0. The minimum absolute atomic E-state index is 0.0684. The number of carbonyl (C=O) groups is 2. The number of Topliss-reactive ketones (excluding diaryl/α,β-unsaturated/α-hetero) is 1. The van der Waals surface area contributed by atoms with Crippen LogP contribution in [0.5, 0.6) is 0 Å². The fourth-order valence-corrected chi connectivity index (χ4v) is 4.32. The first-order valence-electron chi connectivity index (χ1n) is 11.0. The van der Waals surface area contributed by atoms with E-state index in [1.54, 1.807) is 11.1 Å². The van der Waals surface area contributed by atoms with E-state index in [0.717, 1.165) is 24.8 Å². The molecule has 0 unspecified atom stereocenters. The normalized spacial score (nSPS) is 14.4. The van der Waals surface area contributed by atoms with E-state index < -0.39 is 0 Å². The van der Waals surface area contributed by atoms with Crippen molar-refractivity contribution < 1.29 is 9.59 Å². The third-order valence-electron chi connectivity index (χ3n) is 6.07. The number of ketones is 1. The van der Waals surface area contributed by atoms with Crippen molar-refractivity contribution in [1.29, 1.82) is 0 Å². The van der Waals surface area contributed by atoms with Crippen LogP contribution in [0.2, 0.25) is 0 Å². The molecule has 31 heavy (non-hydrogen) atoms. The summed E-state index contributed by atoms with van der Waals surface area (Å²) in [6.07, 6.45) is 4.48. The van der Waals surface area contributed by atoms with Crippen LogP contribution in [0.3, 0.4) is 0 Å². The van der Waals surface area contributed by atoms with Gasteiger partial charge in [-0.1, -0.05) is 60.7 Å². The Labute approximate surface area is 183 Å². The predicted octanol–water partition coefficient (Wildman–Crippen LogP) is 4.50. The van der Waals surface area contributed by atoms with Crippen molar-refractivity contribution in [2.24, 2.45) is 0 Å². The molecule has 0 bridgehead atoms. The first-order chi connectivity index (χ1) is 15.1. The molecule has 1 aliphatic heterocycles. The average Bonchev–Trinajstić information content (AvgIpc) is 2.81. The van der Waals surface area contributed by atoms with Gasteiger partial charge in [0.1, 0.15) is 0 Å². The lowest BCUT2D eigenvalue weighted by atomic mass is 9.84. The van der Waals surface area contributed by atoms with Crippen LogP contribution in [-0.4, -0.2) is 34.7 Å². The van der Waals surface area contributed by atoms with Crippen LogP contribution in [0.15, 0.2) is 72.9 Å². The van der Waals surface area contributed by atoms with Crippen molar-refractivity contribution in [2.75, 3.05) is 13.1 Å². The molecule has 0 aliphatic carbocycles. The molecular weight excluding hydrogens is 384 g/mol. The standard InChI is InChI=1S/C27H28N2O2/c1-20-11-12-24(28-19-20)18-26(30)27(31)29-15-13-22(14-16-29)25-10-6-5-9-23(25)17-21-7-3-2-4-8-21/h2-12,19,22H,13-18H2,1H3. The Hall–Kier alpha value is -3.27. The molecule has 2 aromatic carbocycles. The summed E-state index contributed by atoms with van der Waals surface area (Å²) in [7, 11) is 0. The number of nitrogens with zero attached hydrogens (tertiary/aromatic N) is 2. The van der Waals surface area contributed by atoms with E-state index in [9.17, 15) is 9.59 Å². The van der Waals surface area contributed by atoms with Gasteiger partial charge in [0.25, 0.3) is 5.91 Å². The lowest BCUT2D eigenvalue weighted by Gasteiger charge is -2.32. The van der Waals surface area contributed by atoms with E-state index >= 15 is 0 Å². The SMILES string of the molecule is Cc1ccc(CC(=O)C(=O)N2CCC(c3ccccc3Cc3ccccc3)CC2)nc1. The largest absolute Gasteiger partial charge is 0.336 e. The highest BCUT2D eigenvalue weighted by Crippen LogP contribution is 2.31. The molecule has 0 radical (unpaired) electrons. The first-order valence-corrected chi connectivity index (χ1v) is 11.0. The van der Waals surface area contributed by atoms with Gasteiger partial charge in [-0.3, -0.25) is 14.6 Å². The van der Waals surface area contributed by atoms with Crippen molar-refractivity contribution >= 4 is 11.7 Å². The zero-order chi connectivity index (χ0) is 21.6. The van der Waals surface area contributed by atoms with E-state index in [4.69, 9.17) is 0 Å². The number of pyridine rings is 1. The first kappa shape index (κ1) is 21.0. The minimum Gasteiger partial charge on any atom is -0.336 e. The summed E-state index contributed by atoms with van der Waals surface area (Å²) in [5.41, 5.74) is 5.71. The molecule has 1 aromatic heterocycles. The third-order valence-corrected chi connectivity index (χ3v) is 6.07. The quantitative estimate of drug-likeness (QED) is 0.560. The van der Waals surface area contributed by atoms with Crippen molar-refractivity contribution in [3.63, 3.8) is 0 Å². The molecule has 3 aromatic rings. The lowest BCUT2D eigenvalue weighted by Crippen LogP contribution is -2.42. The predicted molar refractivity (Wildman–Crippen MR) is 122 cm³/mol. The molecule has 1 saturated heterocycles. The summed E-state index contributed by atoms with van der Waals surface area (Å²) in [4.78, 5) is 31.1. The Morgan fingerprint density at radius 2 is 1.65 bits per heavy atom. The van der Waals surface area contributed by atoms with Crippen molar-refractivity contribution in [3.8, 4) is 0 Å². The number of piperidine rings is 1. The number of rotatable bonds is 6. The highest BCUT2D eigenvalue weighted by Gasteiger charge is 2.28. The number of hydrogen-bond donors (Lipinski definition) is 0. The second-order valence-electron chi connectivity index (χ2n) is 8.35. The van der Waals surface area contributed by atoms with Gasteiger partial charge in [0.2, 0.25) is 5.78 Å². The molecule has 4 rings (SSSR count). The fourth-order valence-electron chi connectivity index (χ4n) is 4.32. The number of amides is 1.